The Bertz CT molecular complexity index is 768. The maximum atomic E-state index is 13.7. The molecular weight excluding hydrogens is 287 g/mol. The van der Waals surface area contributed by atoms with Crippen LogP contribution in [-0.4, -0.2) is 15.7 Å². The summed E-state index contributed by atoms with van der Waals surface area (Å²) in [5.74, 6) is -2.28. The summed E-state index contributed by atoms with van der Waals surface area (Å²) in [4.78, 5) is 13.9. The third-order valence-corrected chi connectivity index (χ3v) is 3.26. The Labute approximate surface area is 117 Å². The zero-order valence-corrected chi connectivity index (χ0v) is 10.8. The summed E-state index contributed by atoms with van der Waals surface area (Å²) < 4.78 is 19.3. The molecule has 1 unspecified atom stereocenters. The van der Waals surface area contributed by atoms with Crippen LogP contribution >= 0.6 is 11.6 Å². The van der Waals surface area contributed by atoms with Gasteiger partial charge in [0.1, 0.15) is 5.52 Å². The summed E-state index contributed by atoms with van der Waals surface area (Å²) in [6, 6.07) is 4.99. The van der Waals surface area contributed by atoms with Crippen molar-refractivity contribution >= 4 is 28.3 Å². The van der Waals surface area contributed by atoms with Crippen LogP contribution in [0, 0.1) is 10.1 Å². The predicted molar refractivity (Wildman–Crippen MR) is 71.6 cm³/mol. The normalized spacial score (nSPS) is 22.0. The van der Waals surface area contributed by atoms with Crippen LogP contribution in [-0.2, 0) is 0 Å². The lowest BCUT2D eigenvalue weighted by molar-refractivity contribution is -0.588. The molecule has 2 aromatic rings. The minimum atomic E-state index is -2.56. The summed E-state index contributed by atoms with van der Waals surface area (Å²) in [6.45, 7) is 0. The summed E-state index contributed by atoms with van der Waals surface area (Å²) in [6.07, 6.45) is 3.25. The van der Waals surface area contributed by atoms with E-state index < -0.39 is 10.7 Å². The van der Waals surface area contributed by atoms with Crippen LogP contribution in [0.25, 0.3) is 16.7 Å². The number of benzene rings is 1. The highest BCUT2D eigenvalue weighted by atomic mass is 35.5. The van der Waals surface area contributed by atoms with E-state index in [0.717, 1.165) is 6.08 Å². The zero-order valence-electron chi connectivity index (χ0n) is 10.0. The van der Waals surface area contributed by atoms with E-state index in [1.165, 1.54) is 12.2 Å². The number of nitro groups is 1. The van der Waals surface area contributed by atoms with Crippen LogP contribution < -0.4 is 0 Å². The zero-order chi connectivity index (χ0) is 14.3. The molecule has 0 saturated heterocycles. The van der Waals surface area contributed by atoms with Crippen LogP contribution in [0.3, 0.4) is 0 Å². The average molecular weight is 295 g/mol. The molecule has 102 valence electrons. The first kappa shape index (κ1) is 12.8. The highest BCUT2D eigenvalue weighted by molar-refractivity contribution is 6.31. The van der Waals surface area contributed by atoms with Crippen molar-refractivity contribution in [2.75, 3.05) is 0 Å². The Morgan fingerprint density at radius 3 is 2.95 bits per heavy atom. The van der Waals surface area contributed by atoms with Crippen molar-refractivity contribution in [3.63, 3.8) is 0 Å². The van der Waals surface area contributed by atoms with Crippen LogP contribution in [0.15, 0.2) is 40.8 Å². The van der Waals surface area contributed by atoms with Gasteiger partial charge < -0.3 is 4.42 Å². The number of alkyl halides is 1. The number of hydrogen-bond donors (Lipinski definition) is 0. The van der Waals surface area contributed by atoms with Gasteiger partial charge in [0.15, 0.2) is 5.58 Å². The number of oxazole rings is 1. The van der Waals surface area contributed by atoms with Crippen molar-refractivity contribution < 1.29 is 13.7 Å². The molecule has 0 saturated carbocycles. The fourth-order valence-corrected chi connectivity index (χ4v) is 2.09. The molecule has 7 heteroatoms. The van der Waals surface area contributed by atoms with E-state index in [1.807, 2.05) is 0 Å². The van der Waals surface area contributed by atoms with Crippen LogP contribution in [0.1, 0.15) is 12.3 Å². The van der Waals surface area contributed by atoms with Gasteiger partial charge in [-0.1, -0.05) is 17.7 Å². The number of halogens is 2. The van der Waals surface area contributed by atoms with E-state index in [0.29, 0.717) is 21.7 Å². The van der Waals surface area contributed by atoms with Gasteiger partial charge in [0.25, 0.3) is 0 Å². The van der Waals surface area contributed by atoms with Crippen LogP contribution in [0.5, 0.6) is 0 Å². The molecular formula is C13H8ClFN2O3. The highest BCUT2D eigenvalue weighted by Crippen LogP contribution is 2.31. The van der Waals surface area contributed by atoms with Crippen LogP contribution in [0.2, 0.25) is 5.02 Å². The SMILES string of the molecule is O=[N+]([O-])C1(F)C=CC(c2nc3cc(Cl)ccc3o2)=CC1. The summed E-state index contributed by atoms with van der Waals surface area (Å²) in [5.41, 5.74) is 1.63. The van der Waals surface area contributed by atoms with Crippen LogP contribution in [0.4, 0.5) is 4.39 Å². The van der Waals surface area contributed by atoms with E-state index in [1.54, 1.807) is 18.2 Å². The van der Waals surface area contributed by atoms with Gasteiger partial charge in [-0.3, -0.25) is 10.1 Å². The third-order valence-electron chi connectivity index (χ3n) is 3.03. The summed E-state index contributed by atoms with van der Waals surface area (Å²) in [5, 5.41) is 11.1. The highest BCUT2D eigenvalue weighted by Gasteiger charge is 2.40. The second-order valence-electron chi connectivity index (χ2n) is 4.40. The molecule has 1 aromatic carbocycles. The lowest BCUT2D eigenvalue weighted by Gasteiger charge is -2.14. The van der Waals surface area contributed by atoms with Crippen molar-refractivity contribution in [1.29, 1.82) is 0 Å². The van der Waals surface area contributed by atoms with E-state index in [-0.39, 0.29) is 12.3 Å². The maximum absolute atomic E-state index is 13.7. The Hall–Kier alpha value is -2.21. The molecule has 1 heterocycles. The van der Waals surface area contributed by atoms with Gasteiger partial charge in [-0.2, -0.15) is 4.39 Å². The minimum absolute atomic E-state index is 0.281. The van der Waals surface area contributed by atoms with Gasteiger partial charge >= 0.3 is 5.79 Å². The van der Waals surface area contributed by atoms with Crippen molar-refractivity contribution in [1.82, 2.24) is 4.98 Å². The number of aromatic nitrogens is 1. The molecule has 0 N–H and O–H groups in total. The Morgan fingerprint density at radius 2 is 2.30 bits per heavy atom. The van der Waals surface area contributed by atoms with Crippen molar-refractivity contribution in [3.8, 4) is 0 Å². The fourth-order valence-electron chi connectivity index (χ4n) is 1.92. The number of fused-ring (bicyclic) bond motifs is 1. The van der Waals surface area contributed by atoms with Gasteiger partial charge in [0, 0.05) is 16.7 Å². The average Bonchev–Trinajstić information content (AvgIpc) is 2.82. The minimum Gasteiger partial charge on any atom is -0.436 e. The fraction of sp³-hybridized carbons (Fsp3) is 0.154. The molecule has 0 amide bonds. The molecule has 5 nitrogen and oxygen atoms in total. The van der Waals surface area contributed by atoms with Gasteiger partial charge in [-0.05, 0) is 24.3 Å². The van der Waals surface area contributed by atoms with Crippen molar-refractivity contribution in [2.24, 2.45) is 0 Å². The smallest absolute Gasteiger partial charge is 0.381 e. The first-order valence-corrected chi connectivity index (χ1v) is 6.15. The molecule has 1 aliphatic carbocycles. The molecule has 1 aliphatic rings. The van der Waals surface area contributed by atoms with Gasteiger partial charge in [-0.25, -0.2) is 4.98 Å². The van der Waals surface area contributed by atoms with E-state index in [9.17, 15) is 14.5 Å². The molecule has 0 spiro atoms. The Kier molecular flexibility index (Phi) is 2.83. The van der Waals surface area contributed by atoms with Gasteiger partial charge in [0.05, 0.1) is 11.3 Å². The monoisotopic (exact) mass is 294 g/mol. The molecule has 20 heavy (non-hydrogen) atoms. The first-order valence-electron chi connectivity index (χ1n) is 5.77. The summed E-state index contributed by atoms with van der Waals surface area (Å²) >= 11 is 5.85. The molecule has 0 bridgehead atoms. The number of hydrogen-bond acceptors (Lipinski definition) is 4. The quantitative estimate of drug-likeness (QED) is 0.480. The van der Waals surface area contributed by atoms with E-state index in [2.05, 4.69) is 4.98 Å². The Morgan fingerprint density at radius 1 is 1.50 bits per heavy atom. The lowest BCUT2D eigenvalue weighted by Crippen LogP contribution is -2.31. The molecule has 0 fully saturated rings. The second kappa shape index (κ2) is 4.42. The van der Waals surface area contributed by atoms with Crippen molar-refractivity contribution in [2.45, 2.75) is 12.2 Å². The first-order chi connectivity index (χ1) is 9.48. The molecule has 3 rings (SSSR count). The Balaban J connectivity index is 1.95. The summed E-state index contributed by atoms with van der Waals surface area (Å²) in [7, 11) is 0. The van der Waals surface area contributed by atoms with E-state index in [4.69, 9.17) is 16.0 Å². The number of allylic oxidation sites excluding steroid dienone is 2. The second-order valence-corrected chi connectivity index (χ2v) is 4.84. The van der Waals surface area contributed by atoms with Gasteiger partial charge in [-0.15, -0.1) is 0 Å². The standard InChI is InChI=1S/C13H8ClFN2O3/c14-9-1-2-11-10(7-9)16-12(20-11)8-3-5-13(15,6-4-8)17(18)19/h1-5,7H,6H2. The van der Waals surface area contributed by atoms with E-state index >= 15 is 0 Å². The number of nitrogens with zero attached hydrogens (tertiary/aromatic N) is 2. The predicted octanol–water partition coefficient (Wildman–Crippen LogP) is 3.77. The lowest BCUT2D eigenvalue weighted by atomic mass is 10.0. The topological polar surface area (TPSA) is 69.2 Å². The third kappa shape index (κ3) is 2.08. The molecule has 1 atom stereocenters. The molecule has 1 aromatic heterocycles. The number of rotatable bonds is 2. The maximum Gasteiger partial charge on any atom is 0.381 e. The molecule has 0 radical (unpaired) electrons. The molecule has 0 aliphatic heterocycles. The van der Waals surface area contributed by atoms with Crippen molar-refractivity contribution in [3.05, 3.63) is 57.5 Å². The largest absolute Gasteiger partial charge is 0.436 e. The van der Waals surface area contributed by atoms with Gasteiger partial charge in [0.2, 0.25) is 5.89 Å².